The normalized spacial score (nSPS) is 17.7. The van der Waals surface area contributed by atoms with E-state index in [-0.39, 0.29) is 5.97 Å². The van der Waals surface area contributed by atoms with Gasteiger partial charge in [0.15, 0.2) is 0 Å². The van der Waals surface area contributed by atoms with Crippen LogP contribution in [0.25, 0.3) is 0 Å². The summed E-state index contributed by atoms with van der Waals surface area (Å²) < 4.78 is 6.63. The number of carbonyl (C=O) groups excluding carboxylic acids is 1. The first-order chi connectivity index (χ1) is 7.33. The molecular formula is C10H15N3O2. The van der Waals surface area contributed by atoms with Crippen LogP contribution in [0.5, 0.6) is 0 Å². The summed E-state index contributed by atoms with van der Waals surface area (Å²) in [4.78, 5) is 15.4. The Morgan fingerprint density at radius 3 is 3.00 bits per heavy atom. The number of esters is 1. The van der Waals surface area contributed by atoms with Crippen LogP contribution < -0.4 is 5.32 Å². The molecule has 5 nitrogen and oxygen atoms in total. The van der Waals surface area contributed by atoms with Gasteiger partial charge in [0.1, 0.15) is 5.69 Å². The second-order valence-corrected chi connectivity index (χ2v) is 3.66. The van der Waals surface area contributed by atoms with E-state index in [1.165, 1.54) is 7.11 Å². The minimum atomic E-state index is -0.314. The van der Waals surface area contributed by atoms with Crippen LogP contribution >= 0.6 is 0 Å². The van der Waals surface area contributed by atoms with E-state index in [2.05, 4.69) is 10.3 Å². The minimum Gasteiger partial charge on any atom is -0.464 e. The van der Waals surface area contributed by atoms with E-state index in [1.807, 2.05) is 4.57 Å². The molecule has 0 radical (unpaired) electrons. The maximum atomic E-state index is 11.4. The molecule has 15 heavy (non-hydrogen) atoms. The van der Waals surface area contributed by atoms with Gasteiger partial charge in [-0.3, -0.25) is 0 Å². The molecule has 0 amide bonds. The van der Waals surface area contributed by atoms with E-state index in [9.17, 15) is 4.79 Å². The van der Waals surface area contributed by atoms with Crippen molar-refractivity contribution in [3.05, 3.63) is 18.2 Å². The average Bonchev–Trinajstić information content (AvgIpc) is 2.78. The highest BCUT2D eigenvalue weighted by Gasteiger charge is 2.20. The number of rotatable bonds is 2. The van der Waals surface area contributed by atoms with Crippen molar-refractivity contribution >= 4 is 5.97 Å². The molecule has 1 aromatic rings. The second-order valence-electron chi connectivity index (χ2n) is 3.66. The van der Waals surface area contributed by atoms with Gasteiger partial charge in [-0.1, -0.05) is 0 Å². The van der Waals surface area contributed by atoms with E-state index >= 15 is 0 Å². The van der Waals surface area contributed by atoms with Gasteiger partial charge in [-0.15, -0.1) is 0 Å². The average molecular weight is 209 g/mol. The van der Waals surface area contributed by atoms with E-state index in [4.69, 9.17) is 4.74 Å². The van der Waals surface area contributed by atoms with Crippen LogP contribution in [-0.4, -0.2) is 35.7 Å². The Kier molecular flexibility index (Phi) is 3.01. The van der Waals surface area contributed by atoms with Crippen LogP contribution in [0.4, 0.5) is 0 Å². The number of imidazole rings is 1. The van der Waals surface area contributed by atoms with Crippen LogP contribution in [0, 0.1) is 0 Å². The molecule has 0 atom stereocenters. The number of carbonyl (C=O) groups is 1. The predicted octanol–water partition coefficient (Wildman–Crippen LogP) is 0.594. The third-order valence-electron chi connectivity index (χ3n) is 2.76. The Morgan fingerprint density at radius 1 is 1.60 bits per heavy atom. The van der Waals surface area contributed by atoms with Crippen molar-refractivity contribution in [3.8, 4) is 0 Å². The summed E-state index contributed by atoms with van der Waals surface area (Å²) in [5.41, 5.74) is 0.546. The molecule has 2 rings (SSSR count). The quantitative estimate of drug-likeness (QED) is 0.724. The highest BCUT2D eigenvalue weighted by atomic mass is 16.5. The molecule has 0 unspecified atom stereocenters. The smallest absolute Gasteiger partial charge is 0.356 e. The zero-order valence-electron chi connectivity index (χ0n) is 8.77. The third kappa shape index (κ3) is 2.02. The molecule has 1 N–H and O–H groups in total. The number of aromatic nitrogens is 2. The summed E-state index contributed by atoms with van der Waals surface area (Å²) >= 11 is 0. The topological polar surface area (TPSA) is 56.1 Å². The third-order valence-corrected chi connectivity index (χ3v) is 2.76. The van der Waals surface area contributed by atoms with Gasteiger partial charge >= 0.3 is 5.97 Å². The molecule has 1 fully saturated rings. The number of nitrogens with one attached hydrogen (secondary N) is 1. The molecule has 0 saturated carbocycles. The molecule has 0 spiro atoms. The zero-order chi connectivity index (χ0) is 10.7. The van der Waals surface area contributed by atoms with E-state index in [0.29, 0.717) is 11.7 Å². The minimum absolute atomic E-state index is 0.314. The highest BCUT2D eigenvalue weighted by Crippen LogP contribution is 2.20. The summed E-state index contributed by atoms with van der Waals surface area (Å²) in [6.45, 7) is 1.98. The number of piperidine rings is 1. The van der Waals surface area contributed by atoms with Crippen molar-refractivity contribution in [1.29, 1.82) is 0 Å². The lowest BCUT2D eigenvalue weighted by Crippen LogP contribution is -2.30. The largest absolute Gasteiger partial charge is 0.464 e. The SMILES string of the molecule is COC(=O)c1cncn1C1CCNCC1. The van der Waals surface area contributed by atoms with Crippen LogP contribution in [0.1, 0.15) is 29.4 Å². The number of nitrogens with zero attached hydrogens (tertiary/aromatic N) is 2. The van der Waals surface area contributed by atoms with E-state index in [0.717, 1.165) is 25.9 Å². The number of hydrogen-bond acceptors (Lipinski definition) is 4. The Balaban J connectivity index is 2.19. The van der Waals surface area contributed by atoms with Gasteiger partial charge in [-0.2, -0.15) is 0 Å². The number of hydrogen-bond donors (Lipinski definition) is 1. The van der Waals surface area contributed by atoms with Gasteiger partial charge in [0, 0.05) is 6.04 Å². The Bertz CT molecular complexity index is 342. The fourth-order valence-corrected chi connectivity index (χ4v) is 1.94. The molecule has 1 saturated heterocycles. The van der Waals surface area contributed by atoms with E-state index in [1.54, 1.807) is 12.5 Å². The molecule has 0 bridgehead atoms. The lowest BCUT2D eigenvalue weighted by molar-refractivity contribution is 0.0584. The van der Waals surface area contributed by atoms with Crippen LogP contribution in [-0.2, 0) is 4.74 Å². The van der Waals surface area contributed by atoms with Crippen molar-refractivity contribution in [3.63, 3.8) is 0 Å². The van der Waals surface area contributed by atoms with Gasteiger partial charge in [0.05, 0.1) is 19.6 Å². The summed E-state index contributed by atoms with van der Waals surface area (Å²) in [6, 6.07) is 0.364. The van der Waals surface area contributed by atoms with Crippen LogP contribution in [0.3, 0.4) is 0 Å². The van der Waals surface area contributed by atoms with Crippen molar-refractivity contribution in [2.75, 3.05) is 20.2 Å². The summed E-state index contributed by atoms with van der Waals surface area (Å²) in [6.07, 6.45) is 5.33. The summed E-state index contributed by atoms with van der Waals surface area (Å²) in [5, 5.41) is 3.29. The second kappa shape index (κ2) is 4.44. The van der Waals surface area contributed by atoms with Gasteiger partial charge in [0.2, 0.25) is 0 Å². The van der Waals surface area contributed by atoms with E-state index < -0.39 is 0 Å². The Hall–Kier alpha value is -1.36. The number of methoxy groups -OCH3 is 1. The maximum absolute atomic E-state index is 11.4. The monoisotopic (exact) mass is 209 g/mol. The predicted molar refractivity (Wildman–Crippen MR) is 54.7 cm³/mol. The molecule has 1 aromatic heterocycles. The molecule has 82 valence electrons. The highest BCUT2D eigenvalue weighted by molar-refractivity contribution is 5.87. The van der Waals surface area contributed by atoms with Crippen molar-refractivity contribution in [2.24, 2.45) is 0 Å². The molecule has 1 aliphatic heterocycles. The molecule has 0 aromatic carbocycles. The molecule has 0 aliphatic carbocycles. The van der Waals surface area contributed by atoms with Crippen LogP contribution in [0.15, 0.2) is 12.5 Å². The molecular weight excluding hydrogens is 194 g/mol. The van der Waals surface area contributed by atoms with Gasteiger partial charge < -0.3 is 14.6 Å². The molecule has 2 heterocycles. The molecule has 5 heteroatoms. The Labute approximate surface area is 88.4 Å². The van der Waals surface area contributed by atoms with Crippen molar-refractivity contribution in [1.82, 2.24) is 14.9 Å². The fraction of sp³-hybridized carbons (Fsp3) is 0.600. The van der Waals surface area contributed by atoms with Crippen molar-refractivity contribution < 1.29 is 9.53 Å². The first kappa shape index (κ1) is 10.2. The first-order valence-corrected chi connectivity index (χ1v) is 5.14. The Morgan fingerprint density at radius 2 is 2.33 bits per heavy atom. The van der Waals surface area contributed by atoms with Crippen molar-refractivity contribution in [2.45, 2.75) is 18.9 Å². The maximum Gasteiger partial charge on any atom is 0.356 e. The number of ether oxygens (including phenoxy) is 1. The first-order valence-electron chi connectivity index (χ1n) is 5.14. The van der Waals surface area contributed by atoms with Gasteiger partial charge in [0.25, 0.3) is 0 Å². The van der Waals surface area contributed by atoms with Crippen LogP contribution in [0.2, 0.25) is 0 Å². The van der Waals surface area contributed by atoms with Gasteiger partial charge in [-0.25, -0.2) is 9.78 Å². The lowest BCUT2D eigenvalue weighted by Gasteiger charge is -2.24. The lowest BCUT2D eigenvalue weighted by atomic mass is 10.1. The summed E-state index contributed by atoms with van der Waals surface area (Å²) in [5.74, 6) is -0.314. The standard InChI is InChI=1S/C10H15N3O2/c1-15-10(14)9-6-12-7-13(9)8-2-4-11-5-3-8/h6-8,11H,2-5H2,1H3. The summed E-state index contributed by atoms with van der Waals surface area (Å²) in [7, 11) is 1.39. The van der Waals surface area contributed by atoms with Gasteiger partial charge in [-0.05, 0) is 25.9 Å². The zero-order valence-corrected chi connectivity index (χ0v) is 8.77. The fourth-order valence-electron chi connectivity index (χ4n) is 1.94. The molecule has 1 aliphatic rings.